The number of rotatable bonds is 4. The molecule has 1 unspecified atom stereocenters. The normalized spacial score (nSPS) is 19.2. The number of aliphatic hydroxyl groups excluding tert-OH is 1. The molecule has 18 heavy (non-hydrogen) atoms. The van der Waals surface area contributed by atoms with E-state index >= 15 is 0 Å². The summed E-state index contributed by atoms with van der Waals surface area (Å²) in [6, 6.07) is -0.136. The van der Waals surface area contributed by atoms with Gasteiger partial charge in [-0.3, -0.25) is 19.6 Å². The van der Waals surface area contributed by atoms with Crippen molar-refractivity contribution in [2.24, 2.45) is 0 Å². The van der Waals surface area contributed by atoms with Gasteiger partial charge in [-0.05, 0) is 12.8 Å². The molecule has 0 spiro atoms. The maximum absolute atomic E-state index is 11.9. The van der Waals surface area contributed by atoms with Crippen LogP contribution < -0.4 is 0 Å². The fourth-order valence-corrected chi connectivity index (χ4v) is 2.12. The van der Waals surface area contributed by atoms with Crippen LogP contribution >= 0.6 is 0 Å². The van der Waals surface area contributed by atoms with Crippen LogP contribution in [-0.4, -0.2) is 49.8 Å². The van der Waals surface area contributed by atoms with Crippen LogP contribution in [0.25, 0.3) is 0 Å². The van der Waals surface area contributed by atoms with Crippen molar-refractivity contribution >= 4 is 11.6 Å². The maximum Gasteiger partial charge on any atom is 0.307 e. The number of hydrogen-bond acceptors (Lipinski definition) is 5. The summed E-state index contributed by atoms with van der Waals surface area (Å²) in [5, 5.41) is 23.4. The summed E-state index contributed by atoms with van der Waals surface area (Å²) in [4.78, 5) is 23.5. The van der Waals surface area contributed by atoms with Gasteiger partial charge in [0.2, 0.25) is 5.91 Å². The largest absolute Gasteiger partial charge is 0.394 e. The van der Waals surface area contributed by atoms with Crippen molar-refractivity contribution in [3.05, 3.63) is 22.5 Å². The van der Waals surface area contributed by atoms with E-state index < -0.39 is 4.92 Å². The SMILES string of the molecule is O=C(Cn1cc([N+](=O)[O-])cn1)N1CCCC1CO. The second-order valence-corrected chi connectivity index (χ2v) is 4.22. The molecule has 0 radical (unpaired) electrons. The zero-order chi connectivity index (χ0) is 13.1. The average Bonchev–Trinajstić information content (AvgIpc) is 2.96. The van der Waals surface area contributed by atoms with Gasteiger partial charge in [0.05, 0.1) is 17.6 Å². The minimum Gasteiger partial charge on any atom is -0.394 e. The van der Waals surface area contributed by atoms with E-state index in [1.54, 1.807) is 4.90 Å². The zero-order valence-electron chi connectivity index (χ0n) is 9.73. The van der Waals surface area contributed by atoms with Gasteiger partial charge in [-0.25, -0.2) is 0 Å². The highest BCUT2D eigenvalue weighted by atomic mass is 16.6. The Morgan fingerprint density at radius 1 is 1.67 bits per heavy atom. The molecule has 2 rings (SSSR count). The third-order valence-electron chi connectivity index (χ3n) is 3.04. The summed E-state index contributed by atoms with van der Waals surface area (Å²) in [6.07, 6.45) is 4.00. The fourth-order valence-electron chi connectivity index (χ4n) is 2.12. The molecule has 0 saturated carbocycles. The second kappa shape index (κ2) is 5.13. The highest BCUT2D eigenvalue weighted by Gasteiger charge is 2.28. The van der Waals surface area contributed by atoms with Crippen molar-refractivity contribution < 1.29 is 14.8 Å². The smallest absolute Gasteiger partial charge is 0.307 e. The van der Waals surface area contributed by atoms with Crippen LogP contribution in [-0.2, 0) is 11.3 Å². The van der Waals surface area contributed by atoms with Crippen molar-refractivity contribution in [3.63, 3.8) is 0 Å². The highest BCUT2D eigenvalue weighted by molar-refractivity contribution is 5.76. The molecule has 1 saturated heterocycles. The molecular formula is C10H14N4O4. The number of aliphatic hydroxyl groups is 1. The van der Waals surface area contributed by atoms with Crippen LogP contribution in [0.2, 0.25) is 0 Å². The number of nitrogens with zero attached hydrogens (tertiary/aromatic N) is 4. The highest BCUT2D eigenvalue weighted by Crippen LogP contribution is 2.17. The Bertz CT molecular complexity index is 458. The molecule has 0 bridgehead atoms. The second-order valence-electron chi connectivity index (χ2n) is 4.22. The first-order valence-corrected chi connectivity index (χ1v) is 5.69. The Morgan fingerprint density at radius 2 is 2.44 bits per heavy atom. The van der Waals surface area contributed by atoms with Crippen LogP contribution in [0.3, 0.4) is 0 Å². The van der Waals surface area contributed by atoms with E-state index in [-0.39, 0.29) is 30.8 Å². The lowest BCUT2D eigenvalue weighted by molar-refractivity contribution is -0.385. The fraction of sp³-hybridized carbons (Fsp3) is 0.600. The van der Waals surface area contributed by atoms with E-state index in [9.17, 15) is 14.9 Å². The lowest BCUT2D eigenvalue weighted by Gasteiger charge is -2.22. The Kier molecular flexibility index (Phi) is 3.56. The summed E-state index contributed by atoms with van der Waals surface area (Å²) in [5.74, 6) is -0.176. The quantitative estimate of drug-likeness (QED) is 0.591. The number of aromatic nitrogens is 2. The summed E-state index contributed by atoms with van der Waals surface area (Å²) in [5.41, 5.74) is -0.136. The van der Waals surface area contributed by atoms with Gasteiger partial charge in [0, 0.05) is 6.54 Å². The van der Waals surface area contributed by atoms with Crippen LogP contribution in [0.1, 0.15) is 12.8 Å². The van der Waals surface area contributed by atoms with Crippen molar-refractivity contribution in [1.82, 2.24) is 14.7 Å². The van der Waals surface area contributed by atoms with Gasteiger partial charge >= 0.3 is 5.69 Å². The lowest BCUT2D eigenvalue weighted by Crippen LogP contribution is -2.39. The number of nitro groups is 1. The van der Waals surface area contributed by atoms with Crippen molar-refractivity contribution in [2.75, 3.05) is 13.2 Å². The summed E-state index contributed by atoms with van der Waals surface area (Å²) in [7, 11) is 0. The third-order valence-corrected chi connectivity index (χ3v) is 3.04. The van der Waals surface area contributed by atoms with E-state index in [0.717, 1.165) is 19.0 Å². The molecule has 1 aromatic heterocycles. The van der Waals surface area contributed by atoms with E-state index in [1.165, 1.54) is 10.9 Å². The predicted molar refractivity (Wildman–Crippen MR) is 60.7 cm³/mol. The van der Waals surface area contributed by atoms with E-state index in [0.29, 0.717) is 6.54 Å². The minimum absolute atomic E-state index is 0.0374. The van der Waals surface area contributed by atoms with Gasteiger partial charge < -0.3 is 10.0 Å². The minimum atomic E-state index is -0.555. The van der Waals surface area contributed by atoms with Crippen LogP contribution in [0.5, 0.6) is 0 Å². The first-order chi connectivity index (χ1) is 8.61. The van der Waals surface area contributed by atoms with Gasteiger partial charge in [0.1, 0.15) is 18.9 Å². The monoisotopic (exact) mass is 254 g/mol. The zero-order valence-corrected chi connectivity index (χ0v) is 9.73. The topological polar surface area (TPSA) is 102 Å². The first kappa shape index (κ1) is 12.5. The lowest BCUT2D eigenvalue weighted by atomic mass is 10.2. The number of carbonyl (C=O) groups excluding carboxylic acids is 1. The molecule has 0 aliphatic carbocycles. The Morgan fingerprint density at radius 3 is 3.06 bits per heavy atom. The summed E-state index contributed by atoms with van der Waals surface area (Å²) in [6.45, 7) is 0.531. The molecule has 1 aliphatic heterocycles. The van der Waals surface area contributed by atoms with Crippen molar-refractivity contribution in [1.29, 1.82) is 0 Å². The maximum atomic E-state index is 11.9. The Labute approximate surface area is 103 Å². The summed E-state index contributed by atoms with van der Waals surface area (Å²) >= 11 is 0. The first-order valence-electron chi connectivity index (χ1n) is 5.69. The molecule has 1 fully saturated rings. The number of amides is 1. The molecule has 1 N–H and O–H groups in total. The Hall–Kier alpha value is -1.96. The average molecular weight is 254 g/mol. The predicted octanol–water partition coefficient (Wildman–Crippen LogP) is -0.225. The molecule has 1 aliphatic rings. The van der Waals surface area contributed by atoms with Gasteiger partial charge in [0.15, 0.2) is 0 Å². The van der Waals surface area contributed by atoms with E-state index in [4.69, 9.17) is 5.11 Å². The van der Waals surface area contributed by atoms with E-state index in [2.05, 4.69) is 5.10 Å². The summed E-state index contributed by atoms with van der Waals surface area (Å²) < 4.78 is 1.24. The molecule has 1 atom stereocenters. The van der Waals surface area contributed by atoms with Crippen molar-refractivity contribution in [2.45, 2.75) is 25.4 Å². The molecule has 1 aromatic rings. The van der Waals surface area contributed by atoms with E-state index in [1.807, 2.05) is 0 Å². The van der Waals surface area contributed by atoms with Gasteiger partial charge in [-0.1, -0.05) is 0 Å². The van der Waals surface area contributed by atoms with Gasteiger partial charge in [-0.15, -0.1) is 0 Å². The third kappa shape index (κ3) is 2.48. The van der Waals surface area contributed by atoms with Gasteiger partial charge in [-0.2, -0.15) is 5.10 Å². The molecule has 98 valence electrons. The molecule has 8 nitrogen and oxygen atoms in total. The molecule has 2 heterocycles. The van der Waals surface area contributed by atoms with Crippen LogP contribution in [0, 0.1) is 10.1 Å². The Balaban J connectivity index is 2.00. The number of carbonyl (C=O) groups is 1. The molecule has 0 aromatic carbocycles. The van der Waals surface area contributed by atoms with Crippen molar-refractivity contribution in [3.8, 4) is 0 Å². The van der Waals surface area contributed by atoms with Crippen LogP contribution in [0.4, 0.5) is 5.69 Å². The van der Waals surface area contributed by atoms with Crippen LogP contribution in [0.15, 0.2) is 12.4 Å². The van der Waals surface area contributed by atoms with Gasteiger partial charge in [0.25, 0.3) is 0 Å². The standard InChI is InChI=1S/C10H14N4O4/c15-7-8-2-1-3-13(8)10(16)6-12-5-9(4-11-12)14(17)18/h4-5,8,15H,1-3,6-7H2. The number of likely N-dealkylation sites (tertiary alicyclic amines) is 1. The molecular weight excluding hydrogens is 240 g/mol. The number of hydrogen-bond donors (Lipinski definition) is 1. The molecule has 1 amide bonds. The molecule has 8 heteroatoms.